The predicted molar refractivity (Wildman–Crippen MR) is 60.0 cm³/mol. The van der Waals surface area contributed by atoms with Crippen LogP contribution in [0, 0.1) is 5.82 Å². The SMILES string of the molecule is O=C(CSc1ncc[nH]1)c1ccc(F)cc1. The molecule has 0 fully saturated rings. The van der Waals surface area contributed by atoms with Gasteiger partial charge in [-0.25, -0.2) is 9.37 Å². The lowest BCUT2D eigenvalue weighted by Gasteiger charge is -1.99. The molecule has 0 saturated carbocycles. The van der Waals surface area contributed by atoms with Crippen LogP contribution in [0.25, 0.3) is 0 Å². The summed E-state index contributed by atoms with van der Waals surface area (Å²) in [6.07, 6.45) is 3.33. The Labute approximate surface area is 96.1 Å². The van der Waals surface area contributed by atoms with Crippen LogP contribution in [0.5, 0.6) is 0 Å². The number of imidazole rings is 1. The Kier molecular flexibility index (Phi) is 3.36. The fourth-order valence-electron chi connectivity index (χ4n) is 1.18. The molecular formula is C11H9FN2OS. The quantitative estimate of drug-likeness (QED) is 0.655. The average Bonchev–Trinajstić information content (AvgIpc) is 2.80. The van der Waals surface area contributed by atoms with Crippen molar-refractivity contribution in [1.29, 1.82) is 0 Å². The van der Waals surface area contributed by atoms with Gasteiger partial charge in [0.05, 0.1) is 5.75 Å². The summed E-state index contributed by atoms with van der Waals surface area (Å²) in [5.74, 6) is -0.0873. The van der Waals surface area contributed by atoms with Crippen molar-refractivity contribution in [2.45, 2.75) is 5.16 Å². The van der Waals surface area contributed by atoms with E-state index < -0.39 is 0 Å². The number of thioether (sulfide) groups is 1. The molecular weight excluding hydrogens is 227 g/mol. The number of aromatic amines is 1. The number of Topliss-reactive ketones (excluding diaryl/α,β-unsaturated/α-hetero) is 1. The number of hydrogen-bond donors (Lipinski definition) is 1. The highest BCUT2D eigenvalue weighted by molar-refractivity contribution is 7.99. The Morgan fingerprint density at radius 2 is 2.12 bits per heavy atom. The summed E-state index contributed by atoms with van der Waals surface area (Å²) >= 11 is 1.32. The molecule has 0 aliphatic rings. The minimum Gasteiger partial charge on any atom is -0.340 e. The molecule has 0 saturated heterocycles. The second kappa shape index (κ2) is 4.94. The van der Waals surface area contributed by atoms with Gasteiger partial charge < -0.3 is 4.98 Å². The molecule has 3 nitrogen and oxygen atoms in total. The average molecular weight is 236 g/mol. The van der Waals surface area contributed by atoms with Crippen LogP contribution in [0.15, 0.2) is 41.8 Å². The number of carbonyl (C=O) groups is 1. The minimum atomic E-state index is -0.338. The molecule has 1 heterocycles. The second-order valence-corrected chi connectivity index (χ2v) is 4.08. The number of halogens is 1. The molecule has 5 heteroatoms. The van der Waals surface area contributed by atoms with Crippen molar-refractivity contribution in [2.24, 2.45) is 0 Å². The molecule has 0 bridgehead atoms. The van der Waals surface area contributed by atoms with E-state index in [9.17, 15) is 9.18 Å². The first-order valence-electron chi connectivity index (χ1n) is 4.66. The van der Waals surface area contributed by atoms with Crippen LogP contribution in [0.4, 0.5) is 4.39 Å². The van der Waals surface area contributed by atoms with E-state index in [4.69, 9.17) is 0 Å². The molecule has 16 heavy (non-hydrogen) atoms. The highest BCUT2D eigenvalue weighted by Gasteiger charge is 2.07. The molecule has 0 radical (unpaired) electrons. The highest BCUT2D eigenvalue weighted by atomic mass is 32.2. The summed E-state index contributed by atoms with van der Waals surface area (Å²) in [4.78, 5) is 18.6. The summed E-state index contributed by atoms with van der Waals surface area (Å²) in [6, 6.07) is 5.54. The number of hydrogen-bond acceptors (Lipinski definition) is 3. The van der Waals surface area contributed by atoms with Crippen molar-refractivity contribution in [3.05, 3.63) is 48.0 Å². The van der Waals surface area contributed by atoms with Gasteiger partial charge in [0.2, 0.25) is 0 Å². The molecule has 1 aromatic heterocycles. The number of carbonyl (C=O) groups excluding carboxylic acids is 1. The monoisotopic (exact) mass is 236 g/mol. The highest BCUT2D eigenvalue weighted by Crippen LogP contribution is 2.14. The first-order chi connectivity index (χ1) is 7.75. The van der Waals surface area contributed by atoms with Gasteiger partial charge >= 0.3 is 0 Å². The largest absolute Gasteiger partial charge is 0.340 e. The van der Waals surface area contributed by atoms with E-state index in [2.05, 4.69) is 9.97 Å². The minimum absolute atomic E-state index is 0.0404. The molecule has 0 aliphatic carbocycles. The molecule has 1 N–H and O–H groups in total. The van der Waals surface area contributed by atoms with Crippen molar-refractivity contribution < 1.29 is 9.18 Å². The summed E-state index contributed by atoms with van der Waals surface area (Å²) < 4.78 is 12.6. The standard InChI is InChI=1S/C11H9FN2OS/c12-9-3-1-8(2-4-9)10(15)7-16-11-13-5-6-14-11/h1-6H,7H2,(H,13,14). The zero-order valence-electron chi connectivity index (χ0n) is 8.31. The topological polar surface area (TPSA) is 45.8 Å². The Morgan fingerprint density at radius 1 is 1.38 bits per heavy atom. The molecule has 0 spiro atoms. The first-order valence-corrected chi connectivity index (χ1v) is 5.65. The van der Waals surface area contributed by atoms with Gasteiger partial charge in [-0.15, -0.1) is 0 Å². The fourth-order valence-corrected chi connectivity index (χ4v) is 1.90. The maximum absolute atomic E-state index is 12.6. The molecule has 1 aromatic carbocycles. The van der Waals surface area contributed by atoms with Crippen molar-refractivity contribution >= 4 is 17.5 Å². The molecule has 0 aliphatic heterocycles. The molecule has 0 atom stereocenters. The van der Waals surface area contributed by atoms with Crippen molar-refractivity contribution in [3.63, 3.8) is 0 Å². The van der Waals surface area contributed by atoms with Gasteiger partial charge in [0, 0.05) is 18.0 Å². The summed E-state index contributed by atoms with van der Waals surface area (Å²) in [5, 5.41) is 0.704. The third-order valence-electron chi connectivity index (χ3n) is 1.98. The first kappa shape index (κ1) is 10.9. The zero-order chi connectivity index (χ0) is 11.4. The van der Waals surface area contributed by atoms with Gasteiger partial charge in [0.1, 0.15) is 5.82 Å². The fraction of sp³-hybridized carbons (Fsp3) is 0.0909. The van der Waals surface area contributed by atoms with E-state index in [0.29, 0.717) is 16.5 Å². The van der Waals surface area contributed by atoms with Crippen molar-refractivity contribution in [2.75, 3.05) is 5.75 Å². The molecule has 0 unspecified atom stereocenters. The smallest absolute Gasteiger partial charge is 0.173 e. The number of rotatable bonds is 4. The molecule has 2 rings (SSSR count). The lowest BCUT2D eigenvalue weighted by molar-refractivity contribution is 0.102. The van der Waals surface area contributed by atoms with E-state index in [1.807, 2.05) is 0 Å². The number of benzene rings is 1. The number of aromatic nitrogens is 2. The van der Waals surface area contributed by atoms with E-state index in [1.54, 1.807) is 12.4 Å². The van der Waals surface area contributed by atoms with Gasteiger partial charge in [-0.05, 0) is 24.3 Å². The summed E-state index contributed by atoms with van der Waals surface area (Å²) in [7, 11) is 0. The van der Waals surface area contributed by atoms with Crippen LogP contribution >= 0.6 is 11.8 Å². The Hall–Kier alpha value is -1.62. The lowest BCUT2D eigenvalue weighted by Crippen LogP contribution is -2.02. The van der Waals surface area contributed by atoms with Gasteiger partial charge in [0.15, 0.2) is 10.9 Å². The zero-order valence-corrected chi connectivity index (χ0v) is 9.13. The second-order valence-electron chi connectivity index (χ2n) is 3.11. The third-order valence-corrected chi connectivity index (χ3v) is 2.88. The van der Waals surface area contributed by atoms with Crippen LogP contribution in [-0.2, 0) is 0 Å². The number of nitrogens with one attached hydrogen (secondary N) is 1. The lowest BCUT2D eigenvalue weighted by atomic mass is 10.1. The van der Waals surface area contributed by atoms with Crippen LogP contribution in [-0.4, -0.2) is 21.5 Å². The van der Waals surface area contributed by atoms with E-state index in [1.165, 1.54) is 36.0 Å². The van der Waals surface area contributed by atoms with Gasteiger partial charge in [0.25, 0.3) is 0 Å². The normalized spacial score (nSPS) is 10.3. The van der Waals surface area contributed by atoms with Crippen LogP contribution in [0.3, 0.4) is 0 Å². The molecule has 2 aromatic rings. The van der Waals surface area contributed by atoms with Crippen LogP contribution in [0.2, 0.25) is 0 Å². The van der Waals surface area contributed by atoms with Gasteiger partial charge in [-0.2, -0.15) is 0 Å². The van der Waals surface area contributed by atoms with E-state index in [0.717, 1.165) is 0 Å². The Balaban J connectivity index is 1.95. The molecule has 82 valence electrons. The Morgan fingerprint density at radius 3 is 2.75 bits per heavy atom. The summed E-state index contributed by atoms with van der Waals surface area (Å²) in [5.41, 5.74) is 0.514. The maximum atomic E-state index is 12.6. The summed E-state index contributed by atoms with van der Waals surface area (Å²) in [6.45, 7) is 0. The third kappa shape index (κ3) is 2.70. The predicted octanol–water partition coefficient (Wildman–Crippen LogP) is 2.52. The van der Waals surface area contributed by atoms with Gasteiger partial charge in [-0.3, -0.25) is 4.79 Å². The van der Waals surface area contributed by atoms with E-state index in [-0.39, 0.29) is 11.6 Å². The van der Waals surface area contributed by atoms with Crippen molar-refractivity contribution in [3.8, 4) is 0 Å². The van der Waals surface area contributed by atoms with Gasteiger partial charge in [-0.1, -0.05) is 11.8 Å². The van der Waals surface area contributed by atoms with Crippen molar-refractivity contribution in [1.82, 2.24) is 9.97 Å². The number of ketones is 1. The maximum Gasteiger partial charge on any atom is 0.173 e. The number of nitrogens with zero attached hydrogens (tertiary/aromatic N) is 1. The van der Waals surface area contributed by atoms with E-state index >= 15 is 0 Å². The van der Waals surface area contributed by atoms with Crippen LogP contribution in [0.1, 0.15) is 10.4 Å². The molecule has 0 amide bonds. The Bertz CT molecular complexity index is 467. The van der Waals surface area contributed by atoms with Crippen LogP contribution < -0.4 is 0 Å². The number of H-pyrrole nitrogens is 1.